The SMILES string of the molecule is COC(=O)[C@]12CCC(C)(C)CC1C1C(=O)CC3[C@@]4(C)[C@H]5O[C@@]5(C#N)C(=O)C(C)(C)[C@@H]4CC[C@@]3(C)[C@]1(C)CC2. The lowest BCUT2D eigenvalue weighted by molar-refractivity contribution is -0.236. The number of fused-ring (bicyclic) bond motifs is 9. The lowest BCUT2D eigenvalue weighted by Crippen LogP contribution is -2.71. The highest BCUT2D eigenvalue weighted by Crippen LogP contribution is 2.78. The molecule has 208 valence electrons. The topological polar surface area (TPSA) is 96.8 Å². The summed E-state index contributed by atoms with van der Waals surface area (Å²) in [6.07, 6.45) is 6.01. The molecule has 6 rings (SSSR count). The minimum absolute atomic E-state index is 0.0204. The molecule has 6 nitrogen and oxygen atoms in total. The standard InChI is InChI=1S/C32H45NO5/c1-26(2)11-13-31(25(36)37-8)14-12-29(6)22(18(31)16-26)19(34)15-21-28(29,5)10-9-20-27(3,4)23(35)32(17-33)24(38-32)30(20,21)7/h18,20-22,24H,9-16H2,1-8H3/t18?,20-,21?,22?,24+,28+,29+,30-,31-,32-/m0/s1. The summed E-state index contributed by atoms with van der Waals surface area (Å²) in [7, 11) is 1.49. The third kappa shape index (κ3) is 2.71. The molecule has 1 aliphatic heterocycles. The summed E-state index contributed by atoms with van der Waals surface area (Å²) in [6.45, 7) is 15.5. The largest absolute Gasteiger partial charge is 0.469 e. The molecule has 0 radical (unpaired) electrons. The number of hydrogen-bond acceptors (Lipinski definition) is 6. The number of epoxide rings is 1. The zero-order chi connectivity index (χ0) is 27.9. The van der Waals surface area contributed by atoms with Crippen molar-refractivity contribution in [1.29, 1.82) is 5.26 Å². The van der Waals surface area contributed by atoms with Gasteiger partial charge in [0.25, 0.3) is 0 Å². The molecule has 0 aromatic heterocycles. The van der Waals surface area contributed by atoms with Crippen molar-refractivity contribution in [3.8, 4) is 6.07 Å². The highest BCUT2D eigenvalue weighted by atomic mass is 16.6. The zero-order valence-corrected chi connectivity index (χ0v) is 24.5. The molecule has 1 heterocycles. The third-order valence-corrected chi connectivity index (χ3v) is 13.9. The number of ether oxygens (including phenoxy) is 2. The fourth-order valence-electron chi connectivity index (χ4n) is 11.7. The second-order valence-electron chi connectivity index (χ2n) is 16.0. The number of methoxy groups -OCH3 is 1. The van der Waals surface area contributed by atoms with Gasteiger partial charge in [0.1, 0.15) is 18.0 Å². The number of nitrogens with zero attached hydrogens (tertiary/aromatic N) is 1. The highest BCUT2D eigenvalue weighted by Gasteiger charge is 2.84. The molecular formula is C32H45NO5. The summed E-state index contributed by atoms with van der Waals surface area (Å²) >= 11 is 0. The maximum Gasteiger partial charge on any atom is 0.312 e. The number of carbonyl (C=O) groups is 3. The molecule has 0 aromatic carbocycles. The van der Waals surface area contributed by atoms with E-state index in [1.165, 1.54) is 7.11 Å². The maximum atomic E-state index is 14.5. The molecule has 5 aliphatic carbocycles. The number of nitriles is 1. The molecule has 0 N–H and O–H groups in total. The van der Waals surface area contributed by atoms with E-state index in [-0.39, 0.29) is 57.5 Å². The quantitative estimate of drug-likeness (QED) is 0.324. The van der Waals surface area contributed by atoms with Crippen molar-refractivity contribution in [2.24, 2.45) is 56.2 Å². The molecule has 0 amide bonds. The number of hydrogen-bond donors (Lipinski definition) is 0. The average molecular weight is 524 g/mol. The Labute approximate surface area is 227 Å². The molecule has 5 saturated carbocycles. The molecule has 6 aliphatic rings. The van der Waals surface area contributed by atoms with Gasteiger partial charge in [-0.1, -0.05) is 48.5 Å². The summed E-state index contributed by atoms with van der Waals surface area (Å²) in [6, 6.07) is 2.27. The van der Waals surface area contributed by atoms with E-state index in [1.54, 1.807) is 0 Å². The Kier molecular flexibility index (Phi) is 5.09. The van der Waals surface area contributed by atoms with E-state index in [4.69, 9.17) is 9.47 Å². The van der Waals surface area contributed by atoms with Crippen LogP contribution >= 0.6 is 0 Å². The van der Waals surface area contributed by atoms with Crippen LogP contribution < -0.4 is 0 Å². The first kappa shape index (κ1) is 26.5. The van der Waals surface area contributed by atoms with E-state index in [1.807, 2.05) is 13.8 Å². The minimum atomic E-state index is -1.37. The Balaban J connectivity index is 1.47. The Morgan fingerprint density at radius 1 is 0.947 bits per heavy atom. The van der Waals surface area contributed by atoms with E-state index in [9.17, 15) is 19.6 Å². The van der Waals surface area contributed by atoms with Gasteiger partial charge in [-0.15, -0.1) is 0 Å². The number of esters is 1. The Morgan fingerprint density at radius 2 is 1.61 bits per heavy atom. The van der Waals surface area contributed by atoms with Gasteiger partial charge >= 0.3 is 5.97 Å². The second kappa shape index (κ2) is 7.31. The number of Topliss-reactive ketones (excluding diaryl/α,β-unsaturated/α-hetero) is 2. The van der Waals surface area contributed by atoms with Gasteiger partial charge in [-0.2, -0.15) is 5.26 Å². The smallest absolute Gasteiger partial charge is 0.312 e. The molecular weight excluding hydrogens is 478 g/mol. The van der Waals surface area contributed by atoms with Gasteiger partial charge in [0.05, 0.1) is 12.5 Å². The molecule has 1 saturated heterocycles. The fraction of sp³-hybridized carbons (Fsp3) is 0.875. The maximum absolute atomic E-state index is 14.5. The van der Waals surface area contributed by atoms with E-state index in [0.717, 1.165) is 44.9 Å². The minimum Gasteiger partial charge on any atom is -0.469 e. The van der Waals surface area contributed by atoms with Crippen molar-refractivity contribution in [3.63, 3.8) is 0 Å². The molecule has 6 heteroatoms. The van der Waals surface area contributed by atoms with Crippen LogP contribution in [-0.2, 0) is 23.9 Å². The molecule has 0 spiro atoms. The van der Waals surface area contributed by atoms with Crippen molar-refractivity contribution in [2.75, 3.05) is 7.11 Å². The Bertz CT molecular complexity index is 1180. The third-order valence-electron chi connectivity index (χ3n) is 13.9. The second-order valence-corrected chi connectivity index (χ2v) is 16.0. The molecule has 3 unspecified atom stereocenters. The van der Waals surface area contributed by atoms with Crippen molar-refractivity contribution in [3.05, 3.63) is 0 Å². The summed E-state index contributed by atoms with van der Waals surface area (Å²) < 4.78 is 11.6. The number of carbonyl (C=O) groups excluding carboxylic acids is 3. The lowest BCUT2D eigenvalue weighted by Gasteiger charge is -2.71. The fourth-order valence-corrected chi connectivity index (χ4v) is 11.7. The van der Waals surface area contributed by atoms with Crippen LogP contribution in [0.4, 0.5) is 0 Å². The first-order chi connectivity index (χ1) is 17.5. The van der Waals surface area contributed by atoms with E-state index < -0.39 is 27.9 Å². The predicted molar refractivity (Wildman–Crippen MR) is 140 cm³/mol. The molecule has 0 aromatic rings. The van der Waals surface area contributed by atoms with Crippen molar-refractivity contribution in [1.82, 2.24) is 0 Å². The van der Waals surface area contributed by atoms with Crippen LogP contribution in [0.3, 0.4) is 0 Å². The van der Waals surface area contributed by atoms with Crippen molar-refractivity contribution < 1.29 is 23.9 Å². The van der Waals surface area contributed by atoms with Gasteiger partial charge in [-0.3, -0.25) is 14.4 Å². The van der Waals surface area contributed by atoms with Gasteiger partial charge in [0.2, 0.25) is 5.60 Å². The molecule has 10 atom stereocenters. The molecule has 0 bridgehead atoms. The zero-order valence-electron chi connectivity index (χ0n) is 24.5. The normalized spacial score (nSPS) is 53.7. The van der Waals surface area contributed by atoms with E-state index >= 15 is 0 Å². The van der Waals surface area contributed by atoms with Gasteiger partial charge in [-0.05, 0) is 78.9 Å². The summed E-state index contributed by atoms with van der Waals surface area (Å²) in [5, 5.41) is 10.1. The van der Waals surface area contributed by atoms with Crippen molar-refractivity contribution in [2.45, 2.75) is 112 Å². The Morgan fingerprint density at radius 3 is 2.24 bits per heavy atom. The number of ketones is 2. The first-order valence-electron chi connectivity index (χ1n) is 14.8. The predicted octanol–water partition coefficient (Wildman–Crippen LogP) is 5.67. The summed E-state index contributed by atoms with van der Waals surface area (Å²) in [5.74, 6) is -0.0617. The summed E-state index contributed by atoms with van der Waals surface area (Å²) in [5.41, 5.74) is -3.43. The summed E-state index contributed by atoms with van der Waals surface area (Å²) in [4.78, 5) is 41.5. The van der Waals surface area contributed by atoms with Crippen LogP contribution in [-0.4, -0.2) is 36.4 Å². The van der Waals surface area contributed by atoms with E-state index in [0.29, 0.717) is 6.42 Å². The van der Waals surface area contributed by atoms with Gasteiger partial charge < -0.3 is 9.47 Å². The number of rotatable bonds is 1. The highest BCUT2D eigenvalue weighted by molar-refractivity contribution is 6.00. The van der Waals surface area contributed by atoms with Crippen LogP contribution in [0.1, 0.15) is 99.8 Å². The van der Waals surface area contributed by atoms with Gasteiger partial charge in [0, 0.05) is 23.2 Å². The van der Waals surface area contributed by atoms with Crippen LogP contribution in [0.15, 0.2) is 0 Å². The van der Waals surface area contributed by atoms with Crippen molar-refractivity contribution >= 4 is 17.5 Å². The van der Waals surface area contributed by atoms with Crippen LogP contribution in [0, 0.1) is 67.5 Å². The van der Waals surface area contributed by atoms with Crippen LogP contribution in [0.5, 0.6) is 0 Å². The Hall–Kier alpha value is -1.74. The first-order valence-corrected chi connectivity index (χ1v) is 14.8. The molecule has 6 fully saturated rings. The monoisotopic (exact) mass is 523 g/mol. The lowest BCUT2D eigenvalue weighted by atomic mass is 9.31. The van der Waals surface area contributed by atoms with E-state index in [2.05, 4.69) is 40.7 Å². The van der Waals surface area contributed by atoms with Gasteiger partial charge in [-0.25, -0.2) is 0 Å². The molecule has 38 heavy (non-hydrogen) atoms. The average Bonchev–Trinajstić information content (AvgIpc) is 3.61. The van der Waals surface area contributed by atoms with Crippen LogP contribution in [0.2, 0.25) is 0 Å². The van der Waals surface area contributed by atoms with Gasteiger partial charge in [0.15, 0.2) is 5.78 Å². The van der Waals surface area contributed by atoms with Crippen LogP contribution in [0.25, 0.3) is 0 Å².